The van der Waals surface area contributed by atoms with Gasteiger partial charge in [0, 0.05) is 30.9 Å². The van der Waals surface area contributed by atoms with Crippen LogP contribution in [0.25, 0.3) is 0 Å². The lowest BCUT2D eigenvalue weighted by Gasteiger charge is -2.32. The number of carbonyl (C=O) groups excluding carboxylic acids is 2. The topological polar surface area (TPSA) is 83.8 Å². The molecule has 1 unspecified atom stereocenters. The fraction of sp³-hybridized carbons (Fsp3) is 0.368. The molecule has 1 aliphatic heterocycles. The van der Waals surface area contributed by atoms with Gasteiger partial charge in [0.25, 0.3) is 11.8 Å². The highest BCUT2D eigenvalue weighted by atomic mass is 35.5. The molecular weight excluding hydrogens is 370 g/mol. The highest BCUT2D eigenvalue weighted by Gasteiger charge is 2.22. The summed E-state index contributed by atoms with van der Waals surface area (Å²) in [4.78, 5) is 26.2. The van der Waals surface area contributed by atoms with Crippen LogP contribution in [0.2, 0.25) is 0 Å². The minimum atomic E-state index is -0.338. The highest BCUT2D eigenvalue weighted by molar-refractivity contribution is 6.02. The van der Waals surface area contributed by atoms with Crippen LogP contribution in [0.3, 0.4) is 0 Å². The Kier molecular flexibility index (Phi) is 7.69. The third-order valence-electron chi connectivity index (χ3n) is 4.38. The van der Waals surface area contributed by atoms with Gasteiger partial charge in [0.05, 0.1) is 6.26 Å². The number of amides is 2. The van der Waals surface area contributed by atoms with Crippen molar-refractivity contribution in [2.24, 2.45) is 0 Å². The molecule has 0 bridgehead atoms. The molecule has 8 heteroatoms. The number of furan rings is 1. The zero-order valence-electron chi connectivity index (χ0n) is 15.1. The van der Waals surface area contributed by atoms with E-state index in [4.69, 9.17) is 9.15 Å². The van der Waals surface area contributed by atoms with Gasteiger partial charge in [-0.3, -0.25) is 9.59 Å². The van der Waals surface area contributed by atoms with Crippen LogP contribution in [0.1, 0.15) is 23.4 Å². The normalized spacial score (nSPS) is 16.3. The van der Waals surface area contributed by atoms with Crippen LogP contribution < -0.4 is 15.4 Å². The largest absolute Gasteiger partial charge is 0.484 e. The Morgan fingerprint density at radius 3 is 2.89 bits per heavy atom. The summed E-state index contributed by atoms with van der Waals surface area (Å²) in [6.45, 7) is 1.45. The number of halogens is 1. The number of likely N-dealkylation sites (tertiary alicyclic amines) is 1. The summed E-state index contributed by atoms with van der Waals surface area (Å²) in [6, 6.07) is 10.5. The number of benzene rings is 1. The number of likely N-dealkylation sites (N-methyl/N-ethyl adjacent to an activating group) is 1. The summed E-state index contributed by atoms with van der Waals surface area (Å²) < 4.78 is 10.7. The van der Waals surface area contributed by atoms with Gasteiger partial charge in [-0.15, -0.1) is 12.4 Å². The van der Waals surface area contributed by atoms with E-state index in [1.807, 2.05) is 11.9 Å². The van der Waals surface area contributed by atoms with Gasteiger partial charge in [-0.1, -0.05) is 6.07 Å². The molecule has 27 heavy (non-hydrogen) atoms. The standard InChI is InChI=1S/C19H23N3O4.ClH/c1-20-15-6-3-9-22(12-15)18(23)13-26-16-7-2-5-14(11-16)21-19(24)17-8-4-10-25-17;/h2,4-5,7-8,10-11,15,20H,3,6,9,12-13H2,1H3,(H,21,24);1H. The molecule has 146 valence electrons. The minimum absolute atomic E-state index is 0. The molecule has 2 aromatic rings. The van der Waals surface area contributed by atoms with Crippen molar-refractivity contribution in [1.29, 1.82) is 0 Å². The van der Waals surface area contributed by atoms with E-state index < -0.39 is 0 Å². The maximum absolute atomic E-state index is 12.3. The number of rotatable bonds is 6. The molecular formula is C19H24ClN3O4. The molecule has 0 aliphatic carbocycles. The maximum atomic E-state index is 12.3. The first-order valence-electron chi connectivity index (χ1n) is 8.68. The first-order chi connectivity index (χ1) is 12.7. The lowest BCUT2D eigenvalue weighted by molar-refractivity contribution is -0.134. The van der Waals surface area contributed by atoms with Crippen molar-refractivity contribution < 1.29 is 18.7 Å². The second kappa shape index (κ2) is 9.99. The Morgan fingerprint density at radius 2 is 2.15 bits per heavy atom. The quantitative estimate of drug-likeness (QED) is 0.788. The van der Waals surface area contributed by atoms with E-state index in [2.05, 4.69) is 10.6 Å². The van der Waals surface area contributed by atoms with E-state index in [0.29, 0.717) is 24.0 Å². The zero-order chi connectivity index (χ0) is 18.4. The lowest BCUT2D eigenvalue weighted by atomic mass is 10.1. The highest BCUT2D eigenvalue weighted by Crippen LogP contribution is 2.19. The van der Waals surface area contributed by atoms with Gasteiger partial charge in [0.15, 0.2) is 12.4 Å². The Morgan fingerprint density at radius 1 is 1.30 bits per heavy atom. The molecule has 0 spiro atoms. The number of anilines is 1. The molecule has 1 saturated heterocycles. The van der Waals surface area contributed by atoms with Gasteiger partial charge in [0.1, 0.15) is 5.75 Å². The summed E-state index contributed by atoms with van der Waals surface area (Å²) in [7, 11) is 1.91. The monoisotopic (exact) mass is 393 g/mol. The second-order valence-corrected chi connectivity index (χ2v) is 6.22. The van der Waals surface area contributed by atoms with E-state index in [0.717, 1.165) is 19.4 Å². The summed E-state index contributed by atoms with van der Waals surface area (Å²) in [5.74, 6) is 0.387. The summed E-state index contributed by atoms with van der Waals surface area (Å²) >= 11 is 0. The minimum Gasteiger partial charge on any atom is -0.484 e. The summed E-state index contributed by atoms with van der Waals surface area (Å²) in [5.41, 5.74) is 0.574. The van der Waals surface area contributed by atoms with Crippen LogP contribution in [-0.4, -0.2) is 49.5 Å². The third-order valence-corrected chi connectivity index (χ3v) is 4.38. The molecule has 0 saturated carbocycles. The van der Waals surface area contributed by atoms with Crippen molar-refractivity contribution in [2.75, 3.05) is 32.1 Å². The van der Waals surface area contributed by atoms with Crippen molar-refractivity contribution in [1.82, 2.24) is 10.2 Å². The van der Waals surface area contributed by atoms with Crippen molar-refractivity contribution in [3.63, 3.8) is 0 Å². The van der Waals surface area contributed by atoms with Crippen LogP contribution in [0.4, 0.5) is 5.69 Å². The molecule has 1 aromatic carbocycles. The van der Waals surface area contributed by atoms with Gasteiger partial charge in [-0.2, -0.15) is 0 Å². The van der Waals surface area contributed by atoms with Crippen molar-refractivity contribution in [3.8, 4) is 5.75 Å². The Bertz CT molecular complexity index is 751. The number of nitrogens with zero attached hydrogens (tertiary/aromatic N) is 1. The number of ether oxygens (including phenoxy) is 1. The number of hydrogen-bond acceptors (Lipinski definition) is 5. The number of nitrogens with one attached hydrogen (secondary N) is 2. The lowest BCUT2D eigenvalue weighted by Crippen LogP contribution is -2.48. The van der Waals surface area contributed by atoms with E-state index in [-0.39, 0.29) is 36.6 Å². The Labute approximate surface area is 164 Å². The molecule has 1 aliphatic rings. The van der Waals surface area contributed by atoms with E-state index in [9.17, 15) is 9.59 Å². The first kappa shape index (κ1) is 20.8. The van der Waals surface area contributed by atoms with Crippen molar-refractivity contribution in [2.45, 2.75) is 18.9 Å². The van der Waals surface area contributed by atoms with E-state index in [1.165, 1.54) is 6.26 Å². The molecule has 0 radical (unpaired) electrons. The van der Waals surface area contributed by atoms with Crippen LogP contribution in [0.5, 0.6) is 5.75 Å². The SMILES string of the molecule is CNC1CCCN(C(=O)COc2cccc(NC(=O)c3ccco3)c2)C1.Cl. The molecule has 1 aromatic heterocycles. The van der Waals surface area contributed by atoms with Gasteiger partial charge < -0.3 is 24.7 Å². The maximum Gasteiger partial charge on any atom is 0.291 e. The predicted octanol–water partition coefficient (Wildman–Crippen LogP) is 2.54. The number of piperidine rings is 1. The fourth-order valence-corrected chi connectivity index (χ4v) is 2.94. The van der Waals surface area contributed by atoms with Gasteiger partial charge in [-0.05, 0) is 44.2 Å². The molecule has 2 heterocycles. The predicted molar refractivity (Wildman–Crippen MR) is 105 cm³/mol. The molecule has 1 atom stereocenters. The van der Waals surface area contributed by atoms with E-state index in [1.54, 1.807) is 36.4 Å². The number of carbonyl (C=O) groups is 2. The molecule has 2 amide bonds. The first-order valence-corrected chi connectivity index (χ1v) is 8.68. The van der Waals surface area contributed by atoms with Crippen LogP contribution in [0, 0.1) is 0 Å². The third kappa shape index (κ3) is 5.74. The summed E-state index contributed by atoms with van der Waals surface area (Å²) in [6.07, 6.45) is 3.52. The van der Waals surface area contributed by atoms with Crippen LogP contribution in [0.15, 0.2) is 47.1 Å². The Hall–Kier alpha value is -2.51. The Balaban J connectivity index is 0.00000261. The van der Waals surface area contributed by atoms with Crippen LogP contribution in [-0.2, 0) is 4.79 Å². The molecule has 3 rings (SSSR count). The molecule has 1 fully saturated rings. The second-order valence-electron chi connectivity index (χ2n) is 6.22. The smallest absolute Gasteiger partial charge is 0.291 e. The van der Waals surface area contributed by atoms with Gasteiger partial charge >= 0.3 is 0 Å². The molecule has 7 nitrogen and oxygen atoms in total. The zero-order valence-corrected chi connectivity index (χ0v) is 16.0. The van der Waals surface area contributed by atoms with Crippen molar-refractivity contribution >= 4 is 29.9 Å². The van der Waals surface area contributed by atoms with Gasteiger partial charge in [0.2, 0.25) is 0 Å². The van der Waals surface area contributed by atoms with Crippen LogP contribution >= 0.6 is 12.4 Å². The molecule has 2 N–H and O–H groups in total. The fourth-order valence-electron chi connectivity index (χ4n) is 2.94. The average Bonchev–Trinajstić information content (AvgIpc) is 3.21. The number of hydrogen-bond donors (Lipinski definition) is 2. The van der Waals surface area contributed by atoms with E-state index >= 15 is 0 Å². The summed E-state index contributed by atoms with van der Waals surface area (Å²) in [5, 5.41) is 5.95. The van der Waals surface area contributed by atoms with Gasteiger partial charge in [-0.25, -0.2) is 0 Å². The van der Waals surface area contributed by atoms with Crippen molar-refractivity contribution in [3.05, 3.63) is 48.4 Å². The average molecular weight is 394 g/mol.